The highest BCUT2D eigenvalue weighted by Gasteiger charge is 2.24. The summed E-state index contributed by atoms with van der Waals surface area (Å²) in [4.78, 5) is 26.4. The first kappa shape index (κ1) is 15.5. The number of carboxylic acids is 1. The SMILES string of the molecule is CCC(C(=O)O)N(C)C(=O)NCc1cc(C)c(C)s1. The lowest BCUT2D eigenvalue weighted by atomic mass is 10.2. The molecule has 19 heavy (non-hydrogen) atoms. The number of hydrogen-bond acceptors (Lipinski definition) is 3. The fraction of sp³-hybridized carbons (Fsp3) is 0.538. The number of hydrogen-bond donors (Lipinski definition) is 2. The summed E-state index contributed by atoms with van der Waals surface area (Å²) in [6.45, 7) is 6.24. The van der Waals surface area contributed by atoms with Gasteiger partial charge in [-0.2, -0.15) is 0 Å². The average Bonchev–Trinajstić information content (AvgIpc) is 2.66. The van der Waals surface area contributed by atoms with Crippen molar-refractivity contribution in [2.45, 2.75) is 39.8 Å². The molecule has 6 heteroatoms. The lowest BCUT2D eigenvalue weighted by Gasteiger charge is -2.23. The number of carbonyl (C=O) groups excluding carboxylic acids is 1. The Balaban J connectivity index is 2.57. The zero-order valence-electron chi connectivity index (χ0n) is 11.7. The fourth-order valence-corrected chi connectivity index (χ4v) is 2.77. The van der Waals surface area contributed by atoms with E-state index in [1.165, 1.54) is 22.4 Å². The van der Waals surface area contributed by atoms with Gasteiger partial charge in [-0.15, -0.1) is 11.3 Å². The second-order valence-corrected chi connectivity index (χ2v) is 5.82. The molecule has 0 fully saturated rings. The Morgan fingerprint density at radius 2 is 2.11 bits per heavy atom. The van der Waals surface area contributed by atoms with Gasteiger partial charge in [0.05, 0.1) is 6.54 Å². The molecule has 1 unspecified atom stereocenters. The Labute approximate surface area is 117 Å². The number of thiophene rings is 1. The predicted molar refractivity (Wildman–Crippen MR) is 75.5 cm³/mol. The molecule has 2 amide bonds. The Kier molecular flexibility index (Phi) is 5.35. The van der Waals surface area contributed by atoms with Crippen LogP contribution in [-0.2, 0) is 11.3 Å². The molecule has 2 N–H and O–H groups in total. The van der Waals surface area contributed by atoms with Crippen LogP contribution < -0.4 is 5.32 Å². The number of aliphatic carboxylic acids is 1. The molecular formula is C13H20N2O3S. The molecule has 5 nitrogen and oxygen atoms in total. The van der Waals surface area contributed by atoms with Crippen LogP contribution in [0.2, 0.25) is 0 Å². The van der Waals surface area contributed by atoms with Gasteiger partial charge in [-0.3, -0.25) is 0 Å². The van der Waals surface area contributed by atoms with Crippen LogP contribution in [0.1, 0.15) is 28.7 Å². The number of likely N-dealkylation sites (N-methyl/N-ethyl adjacent to an activating group) is 1. The maximum absolute atomic E-state index is 11.9. The summed E-state index contributed by atoms with van der Waals surface area (Å²) in [6.07, 6.45) is 0.385. The van der Waals surface area contributed by atoms with Gasteiger partial charge in [0.1, 0.15) is 6.04 Å². The van der Waals surface area contributed by atoms with E-state index in [2.05, 4.69) is 5.32 Å². The molecule has 1 atom stereocenters. The molecule has 0 saturated carbocycles. The molecule has 0 aliphatic carbocycles. The third-order valence-corrected chi connectivity index (χ3v) is 4.24. The first-order chi connectivity index (χ1) is 8.86. The molecule has 0 saturated heterocycles. The van der Waals surface area contributed by atoms with Gasteiger partial charge >= 0.3 is 12.0 Å². The molecule has 0 aliphatic heterocycles. The summed E-state index contributed by atoms with van der Waals surface area (Å²) in [5.74, 6) is -0.983. The van der Waals surface area contributed by atoms with Gasteiger partial charge in [0.25, 0.3) is 0 Å². The van der Waals surface area contributed by atoms with Gasteiger partial charge in [0, 0.05) is 16.8 Å². The largest absolute Gasteiger partial charge is 0.480 e. The quantitative estimate of drug-likeness (QED) is 0.872. The molecule has 0 aliphatic rings. The summed E-state index contributed by atoms with van der Waals surface area (Å²) in [5, 5.41) is 11.7. The standard InChI is InChI=1S/C13H20N2O3S/c1-5-11(12(16)17)15(4)13(18)14-7-10-6-8(2)9(3)19-10/h6,11H,5,7H2,1-4H3,(H,14,18)(H,16,17). The van der Waals surface area contributed by atoms with Gasteiger partial charge in [-0.05, 0) is 31.9 Å². The van der Waals surface area contributed by atoms with E-state index in [1.54, 1.807) is 18.3 Å². The normalized spacial score (nSPS) is 12.0. The molecule has 1 aromatic heterocycles. The van der Waals surface area contributed by atoms with E-state index >= 15 is 0 Å². The summed E-state index contributed by atoms with van der Waals surface area (Å²) in [7, 11) is 1.50. The number of carboxylic acid groups (broad SMARTS) is 1. The number of amides is 2. The van der Waals surface area contributed by atoms with Gasteiger partial charge in [0.2, 0.25) is 0 Å². The van der Waals surface area contributed by atoms with Crippen molar-refractivity contribution in [1.29, 1.82) is 0 Å². The third-order valence-electron chi connectivity index (χ3n) is 3.09. The number of nitrogens with zero attached hydrogens (tertiary/aromatic N) is 1. The van der Waals surface area contributed by atoms with Crippen LogP contribution in [0.25, 0.3) is 0 Å². The Bertz CT molecular complexity index is 451. The number of carbonyl (C=O) groups is 2. The maximum atomic E-state index is 11.9. The van der Waals surface area contributed by atoms with Crippen LogP contribution in [0.5, 0.6) is 0 Å². The third kappa shape index (κ3) is 3.96. The van der Waals surface area contributed by atoms with Crippen molar-refractivity contribution in [2.24, 2.45) is 0 Å². The van der Waals surface area contributed by atoms with Gasteiger partial charge < -0.3 is 15.3 Å². The van der Waals surface area contributed by atoms with E-state index in [0.717, 1.165) is 4.88 Å². The average molecular weight is 284 g/mol. The summed E-state index contributed by atoms with van der Waals surface area (Å²) < 4.78 is 0. The molecule has 1 aromatic rings. The monoisotopic (exact) mass is 284 g/mol. The van der Waals surface area contributed by atoms with E-state index in [1.807, 2.05) is 19.9 Å². The van der Waals surface area contributed by atoms with Crippen molar-refractivity contribution < 1.29 is 14.7 Å². The minimum atomic E-state index is -0.983. The minimum absolute atomic E-state index is 0.363. The van der Waals surface area contributed by atoms with Crippen LogP contribution in [0, 0.1) is 13.8 Å². The highest BCUT2D eigenvalue weighted by molar-refractivity contribution is 7.12. The number of rotatable bonds is 5. The Hall–Kier alpha value is -1.56. The van der Waals surface area contributed by atoms with Crippen LogP contribution in [-0.4, -0.2) is 35.1 Å². The molecule has 1 rings (SSSR count). The first-order valence-electron chi connectivity index (χ1n) is 6.16. The topological polar surface area (TPSA) is 69.6 Å². The zero-order chi connectivity index (χ0) is 14.6. The summed E-state index contributed by atoms with van der Waals surface area (Å²) >= 11 is 1.64. The second kappa shape index (κ2) is 6.56. The van der Waals surface area contributed by atoms with Crippen LogP contribution >= 0.6 is 11.3 Å². The summed E-state index contributed by atoms with van der Waals surface area (Å²) in [5.41, 5.74) is 1.21. The van der Waals surface area contributed by atoms with E-state index < -0.39 is 12.0 Å². The van der Waals surface area contributed by atoms with Crippen LogP contribution in [0.4, 0.5) is 4.79 Å². The van der Waals surface area contributed by atoms with Crippen molar-refractivity contribution in [3.63, 3.8) is 0 Å². The molecule has 106 valence electrons. The predicted octanol–water partition coefficient (Wildman–Crippen LogP) is 2.37. The van der Waals surface area contributed by atoms with Crippen molar-refractivity contribution in [1.82, 2.24) is 10.2 Å². The van der Waals surface area contributed by atoms with E-state index in [4.69, 9.17) is 5.11 Å². The van der Waals surface area contributed by atoms with Crippen LogP contribution in [0.15, 0.2) is 6.07 Å². The molecular weight excluding hydrogens is 264 g/mol. The summed E-state index contributed by atoms with van der Waals surface area (Å²) in [6, 6.07) is 0.888. The van der Waals surface area contributed by atoms with Gasteiger partial charge in [0.15, 0.2) is 0 Å². The number of urea groups is 1. The van der Waals surface area contributed by atoms with Crippen molar-refractivity contribution in [3.8, 4) is 0 Å². The smallest absolute Gasteiger partial charge is 0.326 e. The molecule has 0 spiro atoms. The van der Waals surface area contributed by atoms with Gasteiger partial charge in [-0.1, -0.05) is 6.92 Å². The van der Waals surface area contributed by atoms with Gasteiger partial charge in [-0.25, -0.2) is 9.59 Å². The Morgan fingerprint density at radius 3 is 2.53 bits per heavy atom. The van der Waals surface area contributed by atoms with E-state index in [0.29, 0.717) is 13.0 Å². The van der Waals surface area contributed by atoms with E-state index in [-0.39, 0.29) is 6.03 Å². The highest BCUT2D eigenvalue weighted by atomic mass is 32.1. The molecule has 0 aromatic carbocycles. The lowest BCUT2D eigenvalue weighted by molar-refractivity contribution is -0.141. The van der Waals surface area contributed by atoms with E-state index in [9.17, 15) is 9.59 Å². The fourth-order valence-electron chi connectivity index (χ4n) is 1.78. The van der Waals surface area contributed by atoms with Crippen molar-refractivity contribution in [2.75, 3.05) is 7.05 Å². The van der Waals surface area contributed by atoms with Crippen molar-refractivity contribution >= 4 is 23.3 Å². The number of aryl methyl sites for hydroxylation is 2. The van der Waals surface area contributed by atoms with Crippen LogP contribution in [0.3, 0.4) is 0 Å². The number of nitrogens with one attached hydrogen (secondary N) is 1. The maximum Gasteiger partial charge on any atom is 0.326 e. The zero-order valence-corrected chi connectivity index (χ0v) is 12.5. The first-order valence-corrected chi connectivity index (χ1v) is 6.97. The second-order valence-electron chi connectivity index (χ2n) is 4.48. The van der Waals surface area contributed by atoms with Crippen molar-refractivity contribution in [3.05, 3.63) is 21.4 Å². The molecule has 1 heterocycles. The lowest BCUT2D eigenvalue weighted by Crippen LogP contribution is -2.46. The Morgan fingerprint density at radius 1 is 1.47 bits per heavy atom. The highest BCUT2D eigenvalue weighted by Crippen LogP contribution is 2.20. The minimum Gasteiger partial charge on any atom is -0.480 e. The molecule has 0 bridgehead atoms. The molecule has 0 radical (unpaired) electrons.